The van der Waals surface area contributed by atoms with Crippen molar-refractivity contribution >= 4 is 27.5 Å². The second-order valence-corrected chi connectivity index (χ2v) is 9.22. The Hall–Kier alpha value is -3.72. The van der Waals surface area contributed by atoms with Gasteiger partial charge >= 0.3 is 0 Å². The van der Waals surface area contributed by atoms with Gasteiger partial charge in [0.25, 0.3) is 15.9 Å². The van der Waals surface area contributed by atoms with E-state index in [0.29, 0.717) is 41.6 Å². The number of carbonyl (C=O) groups is 1. The molecule has 0 spiro atoms. The zero-order valence-electron chi connectivity index (χ0n) is 17.9. The van der Waals surface area contributed by atoms with Gasteiger partial charge in [-0.3, -0.25) is 19.5 Å². The van der Waals surface area contributed by atoms with E-state index in [1.165, 1.54) is 12.1 Å². The Kier molecular flexibility index (Phi) is 6.99. The fourth-order valence-corrected chi connectivity index (χ4v) is 4.47. The van der Waals surface area contributed by atoms with Gasteiger partial charge in [0.15, 0.2) is 0 Å². The SMILES string of the molecule is O=C(Nc1cccc(S(=O)(=O)NC2=NCCCCC2)c1)c1ccc(Oc2cccnc2)cc1. The van der Waals surface area contributed by atoms with Gasteiger partial charge in [0.2, 0.25) is 0 Å². The molecular formula is C24H24N4O4S. The lowest BCUT2D eigenvalue weighted by atomic mass is 10.2. The van der Waals surface area contributed by atoms with E-state index >= 15 is 0 Å². The molecule has 0 radical (unpaired) electrons. The van der Waals surface area contributed by atoms with Crippen molar-refractivity contribution in [3.05, 3.63) is 78.6 Å². The Bertz CT molecular complexity index is 1240. The maximum absolute atomic E-state index is 12.8. The number of pyridine rings is 1. The van der Waals surface area contributed by atoms with E-state index in [1.807, 2.05) is 0 Å². The highest BCUT2D eigenvalue weighted by Crippen LogP contribution is 2.22. The summed E-state index contributed by atoms with van der Waals surface area (Å²) in [6.07, 6.45) is 6.76. The normalized spacial score (nSPS) is 14.0. The largest absolute Gasteiger partial charge is 0.456 e. The predicted molar refractivity (Wildman–Crippen MR) is 126 cm³/mol. The standard InChI is InChI=1S/C24H24N4O4S/c29-24(18-10-12-20(13-11-18)32-21-7-5-14-25-17-21)27-19-6-4-8-22(16-19)33(30,31)28-23-9-2-1-3-15-26-23/h4-8,10-14,16-17H,1-3,9,15H2,(H,26,28)(H,27,29). The molecule has 0 unspecified atom stereocenters. The zero-order chi connectivity index (χ0) is 23.1. The van der Waals surface area contributed by atoms with Gasteiger partial charge in [-0.15, -0.1) is 0 Å². The molecule has 9 heteroatoms. The summed E-state index contributed by atoms with van der Waals surface area (Å²) in [4.78, 5) is 21.0. The molecule has 0 atom stereocenters. The molecule has 0 aliphatic carbocycles. The Morgan fingerprint density at radius 3 is 2.58 bits per heavy atom. The van der Waals surface area contributed by atoms with Crippen LogP contribution in [0.1, 0.15) is 36.0 Å². The molecule has 0 saturated heterocycles. The molecule has 1 aliphatic heterocycles. The number of nitrogens with zero attached hydrogens (tertiary/aromatic N) is 2. The number of sulfonamides is 1. The number of nitrogens with one attached hydrogen (secondary N) is 2. The van der Waals surface area contributed by atoms with Crippen LogP contribution in [-0.4, -0.2) is 31.7 Å². The molecule has 0 bridgehead atoms. The summed E-state index contributed by atoms with van der Waals surface area (Å²) in [7, 11) is -3.79. The van der Waals surface area contributed by atoms with Gasteiger partial charge in [-0.25, -0.2) is 8.42 Å². The molecule has 4 rings (SSSR count). The second-order valence-electron chi connectivity index (χ2n) is 7.54. The number of ether oxygens (including phenoxy) is 1. The van der Waals surface area contributed by atoms with Crippen molar-refractivity contribution in [2.45, 2.75) is 30.6 Å². The van der Waals surface area contributed by atoms with Crippen LogP contribution in [0.2, 0.25) is 0 Å². The predicted octanol–water partition coefficient (Wildman–Crippen LogP) is 4.38. The van der Waals surface area contributed by atoms with Gasteiger partial charge < -0.3 is 10.1 Å². The average molecular weight is 465 g/mol. The van der Waals surface area contributed by atoms with Crippen molar-refractivity contribution < 1.29 is 17.9 Å². The highest BCUT2D eigenvalue weighted by Gasteiger charge is 2.18. The second kappa shape index (κ2) is 10.3. The van der Waals surface area contributed by atoms with Gasteiger partial charge in [0, 0.05) is 30.4 Å². The quantitative estimate of drug-likeness (QED) is 0.563. The molecule has 2 aromatic carbocycles. The monoisotopic (exact) mass is 464 g/mol. The number of hydrogen-bond acceptors (Lipinski definition) is 6. The van der Waals surface area contributed by atoms with Crippen LogP contribution in [0, 0.1) is 0 Å². The Labute approximate surface area is 192 Å². The van der Waals surface area contributed by atoms with Gasteiger partial charge in [-0.2, -0.15) is 0 Å². The molecule has 3 aromatic rings. The van der Waals surface area contributed by atoms with Gasteiger partial charge in [0.05, 0.1) is 11.1 Å². The highest BCUT2D eigenvalue weighted by atomic mass is 32.2. The number of aliphatic imine (C=N–C) groups is 1. The lowest BCUT2D eigenvalue weighted by Gasteiger charge is -2.11. The van der Waals surface area contributed by atoms with E-state index < -0.39 is 10.0 Å². The summed E-state index contributed by atoms with van der Waals surface area (Å²) in [6.45, 7) is 0.625. The summed E-state index contributed by atoms with van der Waals surface area (Å²) in [5, 5.41) is 2.74. The minimum Gasteiger partial charge on any atom is -0.456 e. The van der Waals surface area contributed by atoms with Crippen LogP contribution in [0.3, 0.4) is 0 Å². The summed E-state index contributed by atoms with van der Waals surface area (Å²) in [5.74, 6) is 1.28. The summed E-state index contributed by atoms with van der Waals surface area (Å²) < 4.78 is 33.8. The highest BCUT2D eigenvalue weighted by molar-refractivity contribution is 7.90. The molecule has 1 aromatic heterocycles. The molecule has 2 heterocycles. The first kappa shape index (κ1) is 22.5. The Balaban J connectivity index is 1.42. The first-order valence-corrected chi connectivity index (χ1v) is 12.1. The number of amides is 1. The third kappa shape index (κ3) is 6.17. The van der Waals surface area contributed by atoms with Crippen molar-refractivity contribution in [3.63, 3.8) is 0 Å². The van der Waals surface area contributed by atoms with E-state index in [4.69, 9.17) is 4.74 Å². The molecule has 1 amide bonds. The molecule has 0 fully saturated rings. The third-order valence-electron chi connectivity index (χ3n) is 5.02. The average Bonchev–Trinajstić information content (AvgIpc) is 3.08. The van der Waals surface area contributed by atoms with Crippen molar-refractivity contribution in [2.24, 2.45) is 4.99 Å². The molecule has 0 saturated carbocycles. The van der Waals surface area contributed by atoms with E-state index in [9.17, 15) is 13.2 Å². The van der Waals surface area contributed by atoms with Crippen LogP contribution in [0.5, 0.6) is 11.5 Å². The van der Waals surface area contributed by atoms with Crippen LogP contribution in [0.4, 0.5) is 5.69 Å². The van der Waals surface area contributed by atoms with E-state index in [2.05, 4.69) is 20.0 Å². The first-order chi connectivity index (χ1) is 16.0. The topological polar surface area (TPSA) is 110 Å². The van der Waals surface area contributed by atoms with Crippen LogP contribution in [-0.2, 0) is 10.0 Å². The maximum Gasteiger partial charge on any atom is 0.262 e. The Morgan fingerprint density at radius 2 is 1.79 bits per heavy atom. The van der Waals surface area contributed by atoms with Crippen LogP contribution in [0.15, 0.2) is 82.9 Å². The Morgan fingerprint density at radius 1 is 0.939 bits per heavy atom. The molecule has 1 aliphatic rings. The minimum absolute atomic E-state index is 0.0625. The number of carbonyl (C=O) groups excluding carboxylic acids is 1. The molecule has 2 N–H and O–H groups in total. The maximum atomic E-state index is 12.8. The van der Waals surface area contributed by atoms with Crippen LogP contribution < -0.4 is 14.8 Å². The molecule has 170 valence electrons. The van der Waals surface area contributed by atoms with E-state index in [-0.39, 0.29) is 10.8 Å². The molecule has 8 nitrogen and oxygen atoms in total. The van der Waals surface area contributed by atoms with E-state index in [0.717, 1.165) is 19.3 Å². The minimum atomic E-state index is -3.79. The lowest BCUT2D eigenvalue weighted by molar-refractivity contribution is 0.102. The smallest absolute Gasteiger partial charge is 0.262 e. The number of amidine groups is 1. The van der Waals surface area contributed by atoms with Crippen LogP contribution in [0.25, 0.3) is 0 Å². The number of anilines is 1. The summed E-state index contributed by atoms with van der Waals surface area (Å²) in [5.41, 5.74) is 0.786. The number of rotatable bonds is 6. The molecule has 33 heavy (non-hydrogen) atoms. The van der Waals surface area contributed by atoms with Crippen molar-refractivity contribution in [3.8, 4) is 11.5 Å². The molecular weight excluding hydrogens is 440 g/mol. The lowest BCUT2D eigenvalue weighted by Crippen LogP contribution is -2.30. The third-order valence-corrected chi connectivity index (χ3v) is 6.39. The number of hydrogen-bond donors (Lipinski definition) is 2. The van der Waals surface area contributed by atoms with Crippen molar-refractivity contribution in [2.75, 3.05) is 11.9 Å². The number of benzene rings is 2. The van der Waals surface area contributed by atoms with E-state index in [1.54, 1.807) is 60.9 Å². The zero-order valence-corrected chi connectivity index (χ0v) is 18.7. The van der Waals surface area contributed by atoms with Gasteiger partial charge in [-0.05, 0) is 67.4 Å². The van der Waals surface area contributed by atoms with Gasteiger partial charge in [-0.1, -0.05) is 12.5 Å². The fourth-order valence-electron chi connectivity index (χ4n) is 3.33. The fraction of sp³-hybridized carbons (Fsp3) is 0.208. The first-order valence-electron chi connectivity index (χ1n) is 10.7. The van der Waals surface area contributed by atoms with Gasteiger partial charge in [0.1, 0.15) is 17.3 Å². The summed E-state index contributed by atoms with van der Waals surface area (Å²) in [6, 6.07) is 16.3. The van der Waals surface area contributed by atoms with Crippen molar-refractivity contribution in [1.29, 1.82) is 0 Å². The van der Waals surface area contributed by atoms with Crippen molar-refractivity contribution in [1.82, 2.24) is 9.71 Å². The summed E-state index contributed by atoms with van der Waals surface area (Å²) >= 11 is 0. The van der Waals surface area contributed by atoms with Crippen LogP contribution >= 0.6 is 0 Å². The number of aromatic nitrogens is 1.